The molecule has 5 heteroatoms. The summed E-state index contributed by atoms with van der Waals surface area (Å²) in [7, 11) is 0. The third-order valence-electron chi connectivity index (χ3n) is 2.92. The van der Waals surface area contributed by atoms with Gasteiger partial charge in [0.25, 0.3) is 0 Å². The Bertz CT molecular complexity index is 835. The third-order valence-corrected chi connectivity index (χ3v) is 3.97. The molecule has 104 valence electrons. The summed E-state index contributed by atoms with van der Waals surface area (Å²) in [5.41, 5.74) is 0.587. The van der Waals surface area contributed by atoms with E-state index in [-0.39, 0.29) is 11.5 Å². The highest BCUT2D eigenvalue weighted by Crippen LogP contribution is 2.33. The number of nitrogens with zero attached hydrogens (tertiary/aromatic N) is 1. The average Bonchev–Trinajstić information content (AvgIpc) is 2.47. The van der Waals surface area contributed by atoms with Gasteiger partial charge in [-0.05, 0) is 30.3 Å². The minimum atomic E-state index is -1.08. The quantitative estimate of drug-likeness (QED) is 0.786. The molecule has 0 fully saturated rings. The molecule has 1 N–H and O–H groups in total. The summed E-state index contributed by atoms with van der Waals surface area (Å²) in [4.78, 5) is 16.7. The van der Waals surface area contributed by atoms with Gasteiger partial charge in [0.15, 0.2) is 0 Å². The number of pyridine rings is 1. The molecule has 0 saturated carbocycles. The van der Waals surface area contributed by atoms with Crippen LogP contribution in [0.15, 0.2) is 64.4 Å². The zero-order valence-electron chi connectivity index (χ0n) is 10.8. The molecule has 0 unspecified atom stereocenters. The first-order valence-electron chi connectivity index (χ1n) is 6.20. The van der Waals surface area contributed by atoms with Crippen LogP contribution < -0.4 is 0 Å². The van der Waals surface area contributed by atoms with Gasteiger partial charge >= 0.3 is 5.97 Å². The predicted octanol–water partition coefficient (Wildman–Crippen LogP) is 4.22. The van der Waals surface area contributed by atoms with E-state index in [4.69, 9.17) is 5.11 Å². The Morgan fingerprint density at radius 2 is 1.90 bits per heavy atom. The molecule has 0 bridgehead atoms. The maximum absolute atomic E-state index is 13.3. The van der Waals surface area contributed by atoms with Crippen LogP contribution in [0.3, 0.4) is 0 Å². The summed E-state index contributed by atoms with van der Waals surface area (Å²) in [5.74, 6) is -1.40. The first-order chi connectivity index (χ1) is 10.1. The number of hydrogen-bond donors (Lipinski definition) is 1. The molecule has 0 spiro atoms. The lowest BCUT2D eigenvalue weighted by atomic mass is 10.2. The molecule has 0 amide bonds. The van der Waals surface area contributed by atoms with E-state index >= 15 is 0 Å². The van der Waals surface area contributed by atoms with Crippen molar-refractivity contribution in [2.45, 2.75) is 9.79 Å². The van der Waals surface area contributed by atoms with E-state index < -0.39 is 5.97 Å². The summed E-state index contributed by atoms with van der Waals surface area (Å²) in [6.07, 6.45) is 0. The number of carboxylic acid groups (broad SMARTS) is 1. The Labute approximate surface area is 124 Å². The van der Waals surface area contributed by atoms with Gasteiger partial charge in [-0.1, -0.05) is 36.0 Å². The Morgan fingerprint density at radius 1 is 1.10 bits per heavy atom. The van der Waals surface area contributed by atoms with E-state index in [1.165, 1.54) is 30.0 Å². The van der Waals surface area contributed by atoms with Crippen LogP contribution in [-0.4, -0.2) is 16.1 Å². The van der Waals surface area contributed by atoms with Crippen LogP contribution in [0.25, 0.3) is 10.9 Å². The van der Waals surface area contributed by atoms with Crippen molar-refractivity contribution in [1.82, 2.24) is 4.98 Å². The number of para-hydroxylation sites is 1. The number of fused-ring (bicyclic) bond motifs is 1. The lowest BCUT2D eigenvalue weighted by Gasteiger charge is -2.07. The maximum atomic E-state index is 13.3. The number of carboxylic acids is 1. The first kappa shape index (κ1) is 13.6. The number of carbonyl (C=O) groups is 1. The molecule has 0 aliphatic heterocycles. The van der Waals surface area contributed by atoms with Crippen molar-refractivity contribution in [3.05, 3.63) is 66.1 Å². The highest BCUT2D eigenvalue weighted by atomic mass is 32.2. The van der Waals surface area contributed by atoms with Gasteiger partial charge in [0.2, 0.25) is 0 Å². The van der Waals surface area contributed by atoms with Crippen molar-refractivity contribution in [1.29, 1.82) is 0 Å². The number of aromatic nitrogens is 1. The van der Waals surface area contributed by atoms with E-state index in [0.29, 0.717) is 10.4 Å². The normalized spacial score (nSPS) is 10.7. The molecule has 21 heavy (non-hydrogen) atoms. The van der Waals surface area contributed by atoms with E-state index in [1.807, 2.05) is 12.1 Å². The Balaban J connectivity index is 2.13. The maximum Gasteiger partial charge on any atom is 0.354 e. The predicted molar refractivity (Wildman–Crippen MR) is 79.2 cm³/mol. The standard InChI is InChI=1S/C16H10FNO2S/c17-10-4-3-5-11(8-10)21-15-9-14(16(19)20)18-13-7-2-1-6-12(13)15/h1-9H,(H,19,20). The molecule has 0 atom stereocenters. The monoisotopic (exact) mass is 299 g/mol. The molecular formula is C16H10FNO2S. The fourth-order valence-corrected chi connectivity index (χ4v) is 3.02. The van der Waals surface area contributed by atoms with Gasteiger partial charge in [-0.2, -0.15) is 0 Å². The minimum absolute atomic E-state index is 0.0207. The minimum Gasteiger partial charge on any atom is -0.477 e. The fourth-order valence-electron chi connectivity index (χ4n) is 1.99. The Kier molecular flexibility index (Phi) is 3.58. The number of rotatable bonds is 3. The third kappa shape index (κ3) is 2.87. The molecule has 3 aromatic rings. The molecular weight excluding hydrogens is 289 g/mol. The van der Waals surface area contributed by atoms with Gasteiger partial charge in [-0.3, -0.25) is 0 Å². The average molecular weight is 299 g/mol. The lowest BCUT2D eigenvalue weighted by Crippen LogP contribution is -2.00. The molecule has 1 aromatic heterocycles. The zero-order chi connectivity index (χ0) is 14.8. The number of aromatic carboxylic acids is 1. The molecule has 1 heterocycles. The number of halogens is 1. The number of benzene rings is 2. The molecule has 3 nitrogen and oxygen atoms in total. The topological polar surface area (TPSA) is 50.2 Å². The highest BCUT2D eigenvalue weighted by Gasteiger charge is 2.11. The van der Waals surface area contributed by atoms with Crippen LogP contribution in [0.2, 0.25) is 0 Å². The molecule has 0 aliphatic carbocycles. The summed E-state index contributed by atoms with van der Waals surface area (Å²) in [6, 6.07) is 15.0. The van der Waals surface area contributed by atoms with Gasteiger partial charge < -0.3 is 5.11 Å². The van der Waals surface area contributed by atoms with E-state index in [1.54, 1.807) is 24.3 Å². The van der Waals surface area contributed by atoms with Crippen molar-refractivity contribution in [2.75, 3.05) is 0 Å². The lowest BCUT2D eigenvalue weighted by molar-refractivity contribution is 0.0690. The van der Waals surface area contributed by atoms with Gasteiger partial charge in [-0.15, -0.1) is 0 Å². The van der Waals surface area contributed by atoms with Crippen LogP contribution in [0, 0.1) is 5.82 Å². The second-order valence-corrected chi connectivity index (χ2v) is 5.50. The van der Waals surface area contributed by atoms with Crippen LogP contribution >= 0.6 is 11.8 Å². The molecule has 0 aliphatic rings. The van der Waals surface area contributed by atoms with Crippen LogP contribution in [-0.2, 0) is 0 Å². The fraction of sp³-hybridized carbons (Fsp3) is 0. The summed E-state index contributed by atoms with van der Waals surface area (Å²) in [5, 5.41) is 9.99. The van der Waals surface area contributed by atoms with Crippen molar-refractivity contribution < 1.29 is 14.3 Å². The van der Waals surface area contributed by atoms with Crippen molar-refractivity contribution in [2.24, 2.45) is 0 Å². The van der Waals surface area contributed by atoms with Gasteiger partial charge in [0, 0.05) is 15.2 Å². The Morgan fingerprint density at radius 3 is 2.67 bits per heavy atom. The second-order valence-electron chi connectivity index (χ2n) is 4.39. The zero-order valence-corrected chi connectivity index (χ0v) is 11.6. The van der Waals surface area contributed by atoms with Gasteiger partial charge in [0.05, 0.1) is 5.52 Å². The second kappa shape index (κ2) is 5.54. The van der Waals surface area contributed by atoms with Gasteiger partial charge in [0.1, 0.15) is 11.5 Å². The highest BCUT2D eigenvalue weighted by molar-refractivity contribution is 7.99. The van der Waals surface area contributed by atoms with Crippen molar-refractivity contribution in [3.63, 3.8) is 0 Å². The van der Waals surface area contributed by atoms with Crippen LogP contribution in [0.1, 0.15) is 10.5 Å². The summed E-state index contributed by atoms with van der Waals surface area (Å²) < 4.78 is 13.3. The van der Waals surface area contributed by atoms with Gasteiger partial charge in [-0.25, -0.2) is 14.2 Å². The van der Waals surface area contributed by atoms with E-state index in [0.717, 1.165) is 10.3 Å². The Hall–Kier alpha value is -2.40. The number of hydrogen-bond acceptors (Lipinski definition) is 3. The SMILES string of the molecule is O=C(O)c1cc(Sc2cccc(F)c2)c2ccccc2n1. The van der Waals surface area contributed by atoms with Crippen molar-refractivity contribution >= 4 is 28.6 Å². The molecule has 3 rings (SSSR count). The molecule has 0 radical (unpaired) electrons. The molecule has 0 saturated heterocycles. The summed E-state index contributed by atoms with van der Waals surface area (Å²) in [6.45, 7) is 0. The summed E-state index contributed by atoms with van der Waals surface area (Å²) >= 11 is 1.32. The smallest absolute Gasteiger partial charge is 0.354 e. The largest absolute Gasteiger partial charge is 0.477 e. The van der Waals surface area contributed by atoms with E-state index in [9.17, 15) is 9.18 Å². The first-order valence-corrected chi connectivity index (χ1v) is 7.01. The van der Waals surface area contributed by atoms with Crippen LogP contribution in [0.4, 0.5) is 4.39 Å². The molecule has 2 aromatic carbocycles. The van der Waals surface area contributed by atoms with Crippen molar-refractivity contribution in [3.8, 4) is 0 Å². The van der Waals surface area contributed by atoms with E-state index in [2.05, 4.69) is 4.98 Å². The van der Waals surface area contributed by atoms with Crippen LogP contribution in [0.5, 0.6) is 0 Å².